The first-order valence-electron chi connectivity index (χ1n) is 13.0. The molecule has 5 rings (SSSR count). The summed E-state index contributed by atoms with van der Waals surface area (Å²) in [7, 11) is 3.42. The summed E-state index contributed by atoms with van der Waals surface area (Å²) in [4.78, 5) is 35.3. The van der Waals surface area contributed by atoms with Gasteiger partial charge in [-0.05, 0) is 62.7 Å². The number of nitrogens with one attached hydrogen (secondary N) is 3. The monoisotopic (exact) mass is 570 g/mol. The van der Waals surface area contributed by atoms with Gasteiger partial charge in [-0.3, -0.25) is 9.59 Å². The summed E-state index contributed by atoms with van der Waals surface area (Å²) in [6, 6.07) is 7.90. The third kappa shape index (κ3) is 6.04. The number of aromatic nitrogens is 2. The van der Waals surface area contributed by atoms with Gasteiger partial charge in [0, 0.05) is 30.9 Å². The van der Waals surface area contributed by atoms with Crippen molar-refractivity contribution in [1.29, 1.82) is 0 Å². The average molecular weight is 571 g/mol. The highest BCUT2D eigenvalue weighted by atomic mass is 19.4. The molecule has 216 valence electrons. The molecule has 1 unspecified atom stereocenters. The lowest BCUT2D eigenvalue weighted by Gasteiger charge is -2.30. The predicted octanol–water partition coefficient (Wildman–Crippen LogP) is 4.42. The highest BCUT2D eigenvalue weighted by Gasteiger charge is 2.37. The van der Waals surface area contributed by atoms with Gasteiger partial charge < -0.3 is 30.3 Å². The minimum atomic E-state index is -4.81. The van der Waals surface area contributed by atoms with Crippen LogP contribution in [0.1, 0.15) is 50.2 Å². The number of hydrogen-bond acceptors (Lipinski definition) is 8. The summed E-state index contributed by atoms with van der Waals surface area (Å²) in [5.74, 6) is -1.45. The van der Waals surface area contributed by atoms with Crippen LogP contribution in [0.25, 0.3) is 0 Å². The summed E-state index contributed by atoms with van der Waals surface area (Å²) < 4.78 is 52.5. The molecule has 1 atom stereocenters. The van der Waals surface area contributed by atoms with Crippen LogP contribution in [0, 0.1) is 6.92 Å². The molecule has 3 N–H and O–H groups in total. The number of alkyl halides is 3. The van der Waals surface area contributed by atoms with Crippen molar-refractivity contribution < 1.29 is 32.2 Å². The molecule has 1 aromatic heterocycles. The minimum Gasteiger partial charge on any atom is -0.495 e. The highest BCUT2D eigenvalue weighted by molar-refractivity contribution is 6.01. The lowest BCUT2D eigenvalue weighted by Crippen LogP contribution is -2.46. The Labute approximate surface area is 234 Å². The molecule has 0 bridgehead atoms. The second-order valence-electron chi connectivity index (χ2n) is 10.1. The van der Waals surface area contributed by atoms with E-state index in [9.17, 15) is 22.8 Å². The van der Waals surface area contributed by atoms with Crippen LogP contribution in [0.15, 0.2) is 36.5 Å². The third-order valence-corrected chi connectivity index (χ3v) is 7.04. The van der Waals surface area contributed by atoms with Crippen molar-refractivity contribution in [2.45, 2.75) is 38.5 Å². The molecule has 2 aliphatic heterocycles. The van der Waals surface area contributed by atoms with E-state index < -0.39 is 23.5 Å². The summed E-state index contributed by atoms with van der Waals surface area (Å²) in [5, 5.41) is 8.56. The SMILES string of the molecule is COc1cc(C(=O)NC2CCCN(C)C2)c(C)cc1Nc1ncc(C(F)(F)F)c(Oc2cccc3c2C(=O)NC3)n1. The van der Waals surface area contributed by atoms with Crippen LogP contribution in [-0.2, 0) is 12.7 Å². The minimum absolute atomic E-state index is 0.0281. The van der Waals surface area contributed by atoms with Crippen molar-refractivity contribution in [2.75, 3.05) is 32.6 Å². The van der Waals surface area contributed by atoms with Gasteiger partial charge in [-0.1, -0.05) is 12.1 Å². The maximum atomic E-state index is 13.8. The molecule has 2 aliphatic rings. The molecule has 2 aromatic carbocycles. The lowest BCUT2D eigenvalue weighted by atomic mass is 10.0. The zero-order valence-corrected chi connectivity index (χ0v) is 22.7. The zero-order chi connectivity index (χ0) is 29.3. The van der Waals surface area contributed by atoms with Gasteiger partial charge >= 0.3 is 6.18 Å². The van der Waals surface area contributed by atoms with Crippen molar-refractivity contribution >= 4 is 23.5 Å². The molecule has 2 amide bonds. The van der Waals surface area contributed by atoms with Gasteiger partial charge in [-0.15, -0.1) is 0 Å². The summed E-state index contributed by atoms with van der Waals surface area (Å²) >= 11 is 0. The standard InChI is InChI=1S/C28H29F3N6O4/c1-15-10-20(22(40-3)11-18(15)24(38)34-17-7-5-9-37(2)14-17)35-27-33-13-19(28(29,30)31)26(36-27)41-21-8-4-6-16-12-32-25(39)23(16)21/h4,6,8,10-11,13,17H,5,7,9,12,14H2,1-3H3,(H,32,39)(H,34,38)(H,33,35,36). The van der Waals surface area contributed by atoms with Crippen LogP contribution in [0.4, 0.5) is 24.8 Å². The van der Waals surface area contributed by atoms with Crippen LogP contribution >= 0.6 is 0 Å². The van der Waals surface area contributed by atoms with Gasteiger partial charge in [0.25, 0.3) is 11.8 Å². The van der Waals surface area contributed by atoms with Crippen molar-refractivity contribution in [3.8, 4) is 17.4 Å². The zero-order valence-electron chi connectivity index (χ0n) is 22.7. The number of aryl methyl sites for hydroxylation is 1. The number of carbonyl (C=O) groups excluding carboxylic acids is 2. The fourth-order valence-corrected chi connectivity index (χ4v) is 5.00. The van der Waals surface area contributed by atoms with Gasteiger partial charge in [0.2, 0.25) is 11.8 Å². The maximum Gasteiger partial charge on any atom is 0.423 e. The van der Waals surface area contributed by atoms with Crippen LogP contribution < -0.4 is 25.4 Å². The van der Waals surface area contributed by atoms with Crippen molar-refractivity contribution in [2.24, 2.45) is 0 Å². The second kappa shape index (κ2) is 11.2. The number of ether oxygens (including phenoxy) is 2. The summed E-state index contributed by atoms with van der Waals surface area (Å²) in [5.41, 5.74) is 0.915. The normalized spacial score (nSPS) is 17.0. The Morgan fingerprint density at radius 1 is 1.22 bits per heavy atom. The Morgan fingerprint density at radius 3 is 2.76 bits per heavy atom. The van der Waals surface area contributed by atoms with Crippen molar-refractivity contribution in [1.82, 2.24) is 25.5 Å². The second-order valence-corrected chi connectivity index (χ2v) is 10.1. The number of carbonyl (C=O) groups is 2. The van der Waals surface area contributed by atoms with Crippen molar-refractivity contribution in [3.63, 3.8) is 0 Å². The molecule has 0 aliphatic carbocycles. The van der Waals surface area contributed by atoms with E-state index in [-0.39, 0.29) is 41.5 Å². The van der Waals surface area contributed by atoms with Gasteiger partial charge in [0.05, 0.1) is 18.4 Å². The molecular formula is C28H29F3N6O4. The number of rotatable bonds is 7. The highest BCUT2D eigenvalue weighted by Crippen LogP contribution is 2.39. The van der Waals surface area contributed by atoms with E-state index in [1.54, 1.807) is 31.2 Å². The van der Waals surface area contributed by atoms with E-state index in [4.69, 9.17) is 9.47 Å². The smallest absolute Gasteiger partial charge is 0.423 e. The van der Waals surface area contributed by atoms with E-state index >= 15 is 0 Å². The molecular weight excluding hydrogens is 541 g/mol. The van der Waals surface area contributed by atoms with E-state index in [0.717, 1.165) is 25.9 Å². The molecule has 0 saturated carbocycles. The Morgan fingerprint density at radius 2 is 2.02 bits per heavy atom. The van der Waals surface area contributed by atoms with Gasteiger partial charge in [-0.25, -0.2) is 4.98 Å². The largest absolute Gasteiger partial charge is 0.495 e. The molecule has 1 saturated heterocycles. The van der Waals surface area contributed by atoms with Gasteiger partial charge in [-0.2, -0.15) is 18.2 Å². The van der Waals surface area contributed by atoms with Crippen LogP contribution in [0.2, 0.25) is 0 Å². The lowest BCUT2D eigenvalue weighted by molar-refractivity contribution is -0.139. The number of amides is 2. The first-order chi connectivity index (χ1) is 19.5. The number of benzene rings is 2. The maximum absolute atomic E-state index is 13.8. The summed E-state index contributed by atoms with van der Waals surface area (Å²) in [6.07, 6.45) is -2.33. The first-order valence-corrected chi connectivity index (χ1v) is 13.0. The summed E-state index contributed by atoms with van der Waals surface area (Å²) in [6.45, 7) is 3.74. The molecule has 1 fully saturated rings. The van der Waals surface area contributed by atoms with Gasteiger partial charge in [0.15, 0.2) is 0 Å². The number of halogens is 3. The Bertz CT molecular complexity index is 1500. The number of anilines is 2. The number of likely N-dealkylation sites (tertiary alicyclic amines) is 1. The van der Waals surface area contributed by atoms with E-state index in [0.29, 0.717) is 28.6 Å². The molecule has 41 heavy (non-hydrogen) atoms. The number of likely N-dealkylation sites (N-methyl/N-ethyl adjacent to an activating group) is 1. The van der Waals surface area contributed by atoms with Crippen LogP contribution in [-0.4, -0.2) is 60.0 Å². The topological polar surface area (TPSA) is 118 Å². The molecule has 0 radical (unpaired) electrons. The quantitative estimate of drug-likeness (QED) is 0.382. The number of methoxy groups -OCH3 is 1. The Hall–Kier alpha value is -4.39. The molecule has 3 heterocycles. The number of hydrogen-bond donors (Lipinski definition) is 3. The first kappa shape index (κ1) is 28.1. The van der Waals surface area contributed by atoms with E-state index in [1.807, 2.05) is 7.05 Å². The fourth-order valence-electron chi connectivity index (χ4n) is 5.00. The molecule has 3 aromatic rings. The van der Waals surface area contributed by atoms with Crippen LogP contribution in [0.5, 0.6) is 17.4 Å². The van der Waals surface area contributed by atoms with E-state index in [1.165, 1.54) is 13.2 Å². The molecule has 10 nitrogen and oxygen atoms in total. The number of fused-ring (bicyclic) bond motifs is 1. The Balaban J connectivity index is 1.43. The Kier molecular flexibility index (Phi) is 7.72. The van der Waals surface area contributed by atoms with E-state index in [2.05, 4.69) is 30.8 Å². The van der Waals surface area contributed by atoms with Crippen molar-refractivity contribution in [3.05, 3.63) is 64.3 Å². The number of nitrogens with zero attached hydrogens (tertiary/aromatic N) is 3. The van der Waals surface area contributed by atoms with Crippen LogP contribution in [0.3, 0.4) is 0 Å². The molecule has 0 spiro atoms. The predicted molar refractivity (Wildman–Crippen MR) is 144 cm³/mol. The third-order valence-electron chi connectivity index (χ3n) is 7.04. The average Bonchev–Trinajstić information content (AvgIpc) is 3.30. The number of piperidine rings is 1. The fraction of sp³-hybridized carbons (Fsp3) is 0.357. The van der Waals surface area contributed by atoms with Gasteiger partial charge in [0.1, 0.15) is 17.1 Å². The molecule has 13 heteroatoms.